The maximum absolute atomic E-state index is 4.47. The fourth-order valence-corrected chi connectivity index (χ4v) is 2.49. The van der Waals surface area contributed by atoms with Crippen LogP contribution in [0.3, 0.4) is 0 Å². The summed E-state index contributed by atoms with van der Waals surface area (Å²) in [5.41, 5.74) is 3.26. The SMILES string of the molecule is c1ccc(N(c2ccccc2)c2ncnc3nccnc23)cc1. The molecule has 4 aromatic rings. The predicted molar refractivity (Wildman–Crippen MR) is 89.8 cm³/mol. The number of rotatable bonds is 3. The number of hydrogen-bond donors (Lipinski definition) is 0. The van der Waals surface area contributed by atoms with Gasteiger partial charge in [-0.15, -0.1) is 0 Å². The van der Waals surface area contributed by atoms with Gasteiger partial charge in [-0.3, -0.25) is 4.90 Å². The molecular formula is C18H13N5. The van der Waals surface area contributed by atoms with Gasteiger partial charge in [-0.2, -0.15) is 0 Å². The van der Waals surface area contributed by atoms with Gasteiger partial charge in [0, 0.05) is 23.8 Å². The van der Waals surface area contributed by atoms with Gasteiger partial charge < -0.3 is 0 Å². The minimum atomic E-state index is 0.578. The standard InChI is InChI=1S/C18H13N5/c1-3-7-14(8-4-1)23(15-9-5-2-6-10-15)18-16-17(21-13-22-18)20-12-11-19-16/h1-13H. The Morgan fingerprint density at radius 2 is 1.22 bits per heavy atom. The van der Waals surface area contributed by atoms with E-state index >= 15 is 0 Å². The molecule has 0 saturated heterocycles. The lowest BCUT2D eigenvalue weighted by molar-refractivity contribution is 1.11. The maximum Gasteiger partial charge on any atom is 0.183 e. The molecular weight excluding hydrogens is 286 g/mol. The minimum Gasteiger partial charge on any atom is -0.293 e. The first-order valence-electron chi connectivity index (χ1n) is 7.25. The van der Waals surface area contributed by atoms with E-state index in [1.165, 1.54) is 6.33 Å². The number of aromatic nitrogens is 4. The highest BCUT2D eigenvalue weighted by molar-refractivity contribution is 5.89. The lowest BCUT2D eigenvalue weighted by atomic mass is 10.2. The number of hydrogen-bond acceptors (Lipinski definition) is 5. The highest BCUT2D eigenvalue weighted by Gasteiger charge is 2.17. The topological polar surface area (TPSA) is 54.8 Å². The molecule has 2 aromatic carbocycles. The first-order chi connectivity index (χ1) is 11.4. The molecule has 0 unspecified atom stereocenters. The molecule has 0 N–H and O–H groups in total. The summed E-state index contributed by atoms with van der Waals surface area (Å²) in [5, 5.41) is 0. The molecule has 23 heavy (non-hydrogen) atoms. The number of anilines is 3. The molecule has 0 aliphatic rings. The number of para-hydroxylation sites is 2. The van der Waals surface area contributed by atoms with E-state index in [-0.39, 0.29) is 0 Å². The van der Waals surface area contributed by atoms with Crippen LogP contribution in [-0.2, 0) is 0 Å². The molecule has 5 heteroatoms. The fourth-order valence-electron chi connectivity index (χ4n) is 2.49. The molecule has 0 bridgehead atoms. The Morgan fingerprint density at radius 1 is 0.609 bits per heavy atom. The van der Waals surface area contributed by atoms with Crippen LogP contribution in [0.1, 0.15) is 0 Å². The van der Waals surface area contributed by atoms with Crippen molar-refractivity contribution >= 4 is 28.4 Å². The van der Waals surface area contributed by atoms with E-state index in [2.05, 4.69) is 24.8 Å². The summed E-state index contributed by atoms with van der Waals surface area (Å²) < 4.78 is 0. The normalized spacial score (nSPS) is 10.6. The Balaban J connectivity index is 1.98. The Labute approximate surface area is 133 Å². The second kappa shape index (κ2) is 5.81. The molecule has 2 aromatic heterocycles. The van der Waals surface area contributed by atoms with Crippen LogP contribution in [0, 0.1) is 0 Å². The molecule has 2 heterocycles. The van der Waals surface area contributed by atoms with Crippen molar-refractivity contribution in [3.8, 4) is 0 Å². The fraction of sp³-hybridized carbons (Fsp3) is 0. The summed E-state index contributed by atoms with van der Waals surface area (Å²) in [6.45, 7) is 0. The van der Waals surface area contributed by atoms with Crippen LogP contribution in [0.15, 0.2) is 79.4 Å². The zero-order valence-corrected chi connectivity index (χ0v) is 12.2. The average molecular weight is 299 g/mol. The minimum absolute atomic E-state index is 0.578. The van der Waals surface area contributed by atoms with Gasteiger partial charge in [0.2, 0.25) is 0 Å². The van der Waals surface area contributed by atoms with Gasteiger partial charge in [0.25, 0.3) is 0 Å². The van der Waals surface area contributed by atoms with Crippen molar-refractivity contribution in [1.29, 1.82) is 0 Å². The molecule has 0 amide bonds. The molecule has 4 rings (SSSR count). The molecule has 0 atom stereocenters. The van der Waals surface area contributed by atoms with Crippen LogP contribution in [0.2, 0.25) is 0 Å². The van der Waals surface area contributed by atoms with Crippen molar-refractivity contribution in [3.05, 3.63) is 79.4 Å². The van der Waals surface area contributed by atoms with E-state index in [0.29, 0.717) is 17.0 Å². The molecule has 0 radical (unpaired) electrons. The van der Waals surface area contributed by atoms with E-state index < -0.39 is 0 Å². The first kappa shape index (κ1) is 13.3. The Bertz CT molecular complexity index is 881. The summed E-state index contributed by atoms with van der Waals surface area (Å²) in [7, 11) is 0. The van der Waals surface area contributed by atoms with Crippen LogP contribution < -0.4 is 4.90 Å². The van der Waals surface area contributed by atoms with Crippen molar-refractivity contribution in [2.45, 2.75) is 0 Å². The summed E-state index contributed by atoms with van der Waals surface area (Å²) in [6.07, 6.45) is 4.81. The third-order valence-electron chi connectivity index (χ3n) is 3.49. The van der Waals surface area contributed by atoms with Gasteiger partial charge in [-0.25, -0.2) is 19.9 Å². The summed E-state index contributed by atoms with van der Waals surface area (Å²) >= 11 is 0. The Morgan fingerprint density at radius 3 is 1.87 bits per heavy atom. The van der Waals surface area contributed by atoms with E-state index in [4.69, 9.17) is 0 Å². The van der Waals surface area contributed by atoms with Crippen LogP contribution in [-0.4, -0.2) is 19.9 Å². The molecule has 0 spiro atoms. The van der Waals surface area contributed by atoms with Gasteiger partial charge >= 0.3 is 0 Å². The zero-order chi connectivity index (χ0) is 15.5. The zero-order valence-electron chi connectivity index (χ0n) is 12.2. The molecule has 110 valence electrons. The third kappa shape index (κ3) is 2.48. The van der Waals surface area contributed by atoms with Gasteiger partial charge in [-0.1, -0.05) is 36.4 Å². The molecule has 0 aliphatic heterocycles. The predicted octanol–water partition coefficient (Wildman–Crippen LogP) is 3.89. The van der Waals surface area contributed by atoms with Crippen LogP contribution in [0.25, 0.3) is 11.2 Å². The molecule has 0 fully saturated rings. The average Bonchev–Trinajstić information content (AvgIpc) is 2.64. The highest BCUT2D eigenvalue weighted by Crippen LogP contribution is 2.34. The first-order valence-corrected chi connectivity index (χ1v) is 7.25. The second-order valence-electron chi connectivity index (χ2n) is 4.93. The summed E-state index contributed by atoms with van der Waals surface area (Å²) in [5.74, 6) is 0.709. The summed E-state index contributed by atoms with van der Waals surface area (Å²) in [4.78, 5) is 19.4. The number of benzene rings is 2. The van der Waals surface area contributed by atoms with E-state index in [1.807, 2.05) is 60.7 Å². The molecule has 0 aliphatic carbocycles. The Kier molecular flexibility index (Phi) is 3.37. The summed E-state index contributed by atoms with van der Waals surface area (Å²) in [6, 6.07) is 20.1. The van der Waals surface area contributed by atoms with Gasteiger partial charge in [-0.05, 0) is 24.3 Å². The van der Waals surface area contributed by atoms with Crippen molar-refractivity contribution in [2.24, 2.45) is 0 Å². The number of nitrogens with zero attached hydrogens (tertiary/aromatic N) is 5. The van der Waals surface area contributed by atoms with Gasteiger partial charge in [0.15, 0.2) is 17.0 Å². The lowest BCUT2D eigenvalue weighted by Gasteiger charge is -2.24. The van der Waals surface area contributed by atoms with Gasteiger partial charge in [0.05, 0.1) is 0 Å². The smallest absolute Gasteiger partial charge is 0.183 e. The molecule has 5 nitrogen and oxygen atoms in total. The van der Waals surface area contributed by atoms with Crippen molar-refractivity contribution < 1.29 is 0 Å². The third-order valence-corrected chi connectivity index (χ3v) is 3.49. The van der Waals surface area contributed by atoms with Crippen LogP contribution >= 0.6 is 0 Å². The quantitative estimate of drug-likeness (QED) is 0.574. The van der Waals surface area contributed by atoms with E-state index in [9.17, 15) is 0 Å². The van der Waals surface area contributed by atoms with Crippen molar-refractivity contribution in [1.82, 2.24) is 19.9 Å². The van der Waals surface area contributed by atoms with E-state index in [1.54, 1.807) is 12.4 Å². The van der Waals surface area contributed by atoms with Crippen LogP contribution in [0.5, 0.6) is 0 Å². The number of fused-ring (bicyclic) bond motifs is 1. The highest BCUT2D eigenvalue weighted by atomic mass is 15.2. The van der Waals surface area contributed by atoms with E-state index in [0.717, 1.165) is 11.4 Å². The second-order valence-corrected chi connectivity index (χ2v) is 4.93. The van der Waals surface area contributed by atoms with Crippen molar-refractivity contribution in [3.63, 3.8) is 0 Å². The monoisotopic (exact) mass is 299 g/mol. The largest absolute Gasteiger partial charge is 0.293 e. The molecule has 0 saturated carbocycles. The van der Waals surface area contributed by atoms with Crippen molar-refractivity contribution in [2.75, 3.05) is 4.90 Å². The Hall–Kier alpha value is -3.34. The maximum atomic E-state index is 4.47. The van der Waals surface area contributed by atoms with Crippen LogP contribution in [0.4, 0.5) is 17.2 Å². The van der Waals surface area contributed by atoms with Gasteiger partial charge in [0.1, 0.15) is 6.33 Å². The lowest BCUT2D eigenvalue weighted by Crippen LogP contribution is -2.12.